The number of halogens is 1. The normalized spacial score (nSPS) is 12.4. The first-order valence-corrected chi connectivity index (χ1v) is 8.80. The summed E-state index contributed by atoms with van der Waals surface area (Å²) < 4.78 is 0. The fraction of sp³-hybridized carbons (Fsp3) is 0.333. The molecular weight excluding hydrogens is 362 g/mol. The lowest BCUT2D eigenvalue weighted by Gasteiger charge is -2.27. The van der Waals surface area contributed by atoms with Crippen LogP contribution in [0.25, 0.3) is 0 Å². The Labute approximate surface area is 167 Å². The number of carbonyl (C=O) groups is 2. The van der Waals surface area contributed by atoms with Gasteiger partial charge in [-0.1, -0.05) is 48.0 Å². The number of benzene rings is 2. The highest BCUT2D eigenvalue weighted by Crippen LogP contribution is 2.19. The minimum Gasteiger partial charge on any atom is -0.345 e. The predicted molar refractivity (Wildman–Crippen MR) is 111 cm³/mol. The molecule has 6 heteroatoms. The molecule has 2 rings (SSSR count). The van der Waals surface area contributed by atoms with Crippen molar-refractivity contribution in [1.82, 2.24) is 10.2 Å². The molecule has 0 fully saturated rings. The van der Waals surface area contributed by atoms with E-state index < -0.39 is 6.04 Å². The standard InChI is InChI=1S/C21H27N3O2.ClH/c1-15-9-11-18(12-10-15)21(26)23-19(17-7-5-4-6-8-17)13-20(25)24(3)16(2)14-22;/h4-12,16,19H,13-14,22H2,1-3H3,(H,23,26);1H. The quantitative estimate of drug-likeness (QED) is 0.764. The second kappa shape index (κ2) is 10.7. The van der Waals surface area contributed by atoms with Crippen molar-refractivity contribution in [2.24, 2.45) is 5.73 Å². The molecule has 0 aliphatic heterocycles. The van der Waals surface area contributed by atoms with Gasteiger partial charge in [-0.15, -0.1) is 12.4 Å². The molecule has 0 spiro atoms. The summed E-state index contributed by atoms with van der Waals surface area (Å²) in [6.07, 6.45) is 0.183. The van der Waals surface area contributed by atoms with Crippen LogP contribution in [0.4, 0.5) is 0 Å². The van der Waals surface area contributed by atoms with Gasteiger partial charge in [0.05, 0.1) is 12.5 Å². The van der Waals surface area contributed by atoms with Crippen LogP contribution >= 0.6 is 12.4 Å². The van der Waals surface area contributed by atoms with Gasteiger partial charge >= 0.3 is 0 Å². The lowest BCUT2D eigenvalue weighted by Crippen LogP contribution is -2.41. The summed E-state index contributed by atoms with van der Waals surface area (Å²) in [7, 11) is 1.74. The largest absolute Gasteiger partial charge is 0.345 e. The highest BCUT2D eigenvalue weighted by Gasteiger charge is 2.22. The van der Waals surface area contributed by atoms with E-state index >= 15 is 0 Å². The van der Waals surface area contributed by atoms with Gasteiger partial charge in [0.2, 0.25) is 5.91 Å². The molecule has 0 aliphatic rings. The van der Waals surface area contributed by atoms with Crippen LogP contribution in [0.5, 0.6) is 0 Å². The molecule has 0 bridgehead atoms. The van der Waals surface area contributed by atoms with Crippen LogP contribution in [0, 0.1) is 6.92 Å². The molecule has 0 radical (unpaired) electrons. The van der Waals surface area contributed by atoms with Gasteiger partial charge in [0, 0.05) is 25.2 Å². The molecule has 2 amide bonds. The monoisotopic (exact) mass is 389 g/mol. The van der Waals surface area contributed by atoms with Crippen LogP contribution in [-0.2, 0) is 4.79 Å². The van der Waals surface area contributed by atoms with Crippen LogP contribution in [0.1, 0.15) is 40.9 Å². The number of likely N-dealkylation sites (N-methyl/N-ethyl adjacent to an activating group) is 1. The van der Waals surface area contributed by atoms with Gasteiger partial charge in [-0.25, -0.2) is 0 Å². The number of nitrogens with zero attached hydrogens (tertiary/aromatic N) is 1. The van der Waals surface area contributed by atoms with Gasteiger partial charge in [-0.3, -0.25) is 9.59 Å². The Morgan fingerprint density at radius 1 is 1.07 bits per heavy atom. The fourth-order valence-electron chi connectivity index (χ4n) is 2.61. The molecule has 0 heterocycles. The Hall–Kier alpha value is -2.37. The lowest BCUT2D eigenvalue weighted by atomic mass is 10.0. The van der Waals surface area contributed by atoms with Crippen molar-refractivity contribution in [3.63, 3.8) is 0 Å². The summed E-state index contributed by atoms with van der Waals surface area (Å²) in [6.45, 7) is 4.27. The Morgan fingerprint density at radius 3 is 2.22 bits per heavy atom. The average Bonchev–Trinajstić information content (AvgIpc) is 2.67. The van der Waals surface area contributed by atoms with Crippen molar-refractivity contribution in [2.75, 3.05) is 13.6 Å². The van der Waals surface area contributed by atoms with Gasteiger partial charge in [0.25, 0.3) is 5.91 Å². The molecule has 3 N–H and O–H groups in total. The number of nitrogens with two attached hydrogens (primary N) is 1. The fourth-order valence-corrected chi connectivity index (χ4v) is 2.61. The van der Waals surface area contributed by atoms with Crippen LogP contribution in [-0.4, -0.2) is 36.3 Å². The second-order valence-electron chi connectivity index (χ2n) is 6.60. The van der Waals surface area contributed by atoms with E-state index in [4.69, 9.17) is 5.73 Å². The molecule has 2 unspecified atom stereocenters. The molecule has 0 saturated heterocycles. The molecule has 2 aromatic rings. The van der Waals surface area contributed by atoms with Gasteiger partial charge in [0.15, 0.2) is 0 Å². The second-order valence-corrected chi connectivity index (χ2v) is 6.60. The number of carbonyl (C=O) groups excluding carboxylic acids is 2. The zero-order valence-electron chi connectivity index (χ0n) is 16.0. The zero-order valence-corrected chi connectivity index (χ0v) is 16.8. The summed E-state index contributed by atoms with van der Waals surface area (Å²) in [5, 5.41) is 2.99. The third-order valence-electron chi connectivity index (χ3n) is 4.60. The molecule has 2 aromatic carbocycles. The Kier molecular flexibility index (Phi) is 8.98. The van der Waals surface area contributed by atoms with Crippen molar-refractivity contribution >= 4 is 24.2 Å². The van der Waals surface area contributed by atoms with Gasteiger partial charge < -0.3 is 16.0 Å². The first kappa shape index (κ1) is 22.7. The van der Waals surface area contributed by atoms with E-state index in [1.807, 2.05) is 56.3 Å². The van der Waals surface area contributed by atoms with Crippen molar-refractivity contribution in [3.05, 3.63) is 71.3 Å². The smallest absolute Gasteiger partial charge is 0.251 e. The molecule has 5 nitrogen and oxygen atoms in total. The highest BCUT2D eigenvalue weighted by molar-refractivity contribution is 5.94. The first-order chi connectivity index (χ1) is 12.4. The van der Waals surface area contributed by atoms with E-state index in [-0.39, 0.29) is 36.7 Å². The Bertz CT molecular complexity index is 735. The average molecular weight is 390 g/mol. The summed E-state index contributed by atoms with van der Waals surface area (Å²) in [5.41, 5.74) is 8.22. The van der Waals surface area contributed by atoms with Crippen LogP contribution in [0.2, 0.25) is 0 Å². The molecule has 0 aliphatic carbocycles. The molecular formula is C21H28ClN3O2. The van der Waals surface area contributed by atoms with Crippen molar-refractivity contribution in [3.8, 4) is 0 Å². The first-order valence-electron chi connectivity index (χ1n) is 8.80. The topological polar surface area (TPSA) is 75.4 Å². The van der Waals surface area contributed by atoms with E-state index in [2.05, 4.69) is 5.32 Å². The maximum absolute atomic E-state index is 12.6. The third-order valence-corrected chi connectivity index (χ3v) is 4.60. The number of aryl methyl sites for hydroxylation is 1. The highest BCUT2D eigenvalue weighted by atomic mass is 35.5. The Morgan fingerprint density at radius 2 is 1.67 bits per heavy atom. The maximum Gasteiger partial charge on any atom is 0.251 e. The van der Waals surface area contributed by atoms with Crippen LogP contribution in [0.3, 0.4) is 0 Å². The van der Waals surface area contributed by atoms with Crippen LogP contribution in [0.15, 0.2) is 54.6 Å². The number of rotatable bonds is 7. The minimum absolute atomic E-state index is 0. The van der Waals surface area contributed by atoms with Crippen molar-refractivity contribution in [1.29, 1.82) is 0 Å². The maximum atomic E-state index is 12.6. The molecule has 2 atom stereocenters. The van der Waals surface area contributed by atoms with Gasteiger partial charge in [0.1, 0.15) is 0 Å². The van der Waals surface area contributed by atoms with Crippen molar-refractivity contribution < 1.29 is 9.59 Å². The van der Waals surface area contributed by atoms with Gasteiger partial charge in [-0.05, 0) is 31.5 Å². The van der Waals surface area contributed by atoms with Crippen LogP contribution < -0.4 is 11.1 Å². The lowest BCUT2D eigenvalue weighted by molar-refractivity contribution is -0.132. The van der Waals surface area contributed by atoms with Crippen molar-refractivity contribution in [2.45, 2.75) is 32.4 Å². The summed E-state index contributed by atoms with van der Waals surface area (Å²) in [6, 6.07) is 16.5. The predicted octanol–water partition coefficient (Wildman–Crippen LogP) is 3.08. The molecule has 27 heavy (non-hydrogen) atoms. The number of amides is 2. The molecule has 146 valence electrons. The van der Waals surface area contributed by atoms with E-state index in [1.54, 1.807) is 24.1 Å². The van der Waals surface area contributed by atoms with E-state index in [0.29, 0.717) is 12.1 Å². The number of nitrogens with one attached hydrogen (secondary N) is 1. The van der Waals surface area contributed by atoms with E-state index in [9.17, 15) is 9.59 Å². The third kappa shape index (κ3) is 6.38. The number of hydrogen-bond acceptors (Lipinski definition) is 3. The summed E-state index contributed by atoms with van der Waals surface area (Å²) in [4.78, 5) is 26.9. The zero-order chi connectivity index (χ0) is 19.1. The van der Waals surface area contributed by atoms with Gasteiger partial charge in [-0.2, -0.15) is 0 Å². The molecule has 0 saturated carbocycles. The molecule has 0 aromatic heterocycles. The SMILES string of the molecule is Cc1ccc(C(=O)NC(CC(=O)N(C)C(C)CN)c2ccccc2)cc1.Cl. The number of hydrogen-bond donors (Lipinski definition) is 2. The summed E-state index contributed by atoms with van der Waals surface area (Å²) >= 11 is 0. The van der Waals surface area contributed by atoms with E-state index in [1.165, 1.54) is 0 Å². The minimum atomic E-state index is -0.398. The Balaban J connectivity index is 0.00000364. The summed E-state index contributed by atoms with van der Waals surface area (Å²) in [5.74, 6) is -0.248. The van der Waals surface area contributed by atoms with E-state index in [0.717, 1.165) is 11.1 Å².